The second kappa shape index (κ2) is 13.6. The van der Waals surface area contributed by atoms with Crippen molar-refractivity contribution in [2.75, 3.05) is 0 Å². The maximum atomic E-state index is 6.94. The molecule has 0 saturated carbocycles. The molecular formula is C53H33N3O. The van der Waals surface area contributed by atoms with Crippen LogP contribution in [0, 0.1) is 0 Å². The van der Waals surface area contributed by atoms with Gasteiger partial charge in [-0.15, -0.1) is 0 Å². The smallest absolute Gasteiger partial charge is 0.164 e. The highest BCUT2D eigenvalue weighted by molar-refractivity contribution is 6.21. The molecule has 0 unspecified atom stereocenters. The number of fused-ring (bicyclic) bond motifs is 6. The molecule has 0 radical (unpaired) electrons. The zero-order valence-electron chi connectivity index (χ0n) is 30.8. The molecule has 4 heteroatoms. The van der Waals surface area contributed by atoms with Crippen molar-refractivity contribution in [1.29, 1.82) is 0 Å². The quantitative estimate of drug-likeness (QED) is 0.171. The topological polar surface area (TPSA) is 51.8 Å². The van der Waals surface area contributed by atoms with E-state index in [1.165, 1.54) is 22.1 Å². The SMILES string of the molecule is c1ccc(-c2ccc(-c3nc(-c4ccccc4)nc(-c4ccc(-c5cccc6c5oc5c7ccccc7c(-c7ccccc7)cc65)c5ccccc45)n3)cc2)cc1. The Balaban J connectivity index is 1.08. The third-order valence-electron chi connectivity index (χ3n) is 11.0. The number of furan rings is 1. The number of rotatable bonds is 6. The van der Waals surface area contributed by atoms with Gasteiger partial charge in [-0.25, -0.2) is 15.0 Å². The standard InChI is InChI=1S/C53H33N3O/c1-4-15-34(16-5-1)35-27-29-38(30-28-35)52-54-51(37-19-8-3-9-20-37)55-53(56-52)46-32-31-42(39-21-10-11-22-40(39)46)44-25-14-26-45-48-33-47(36-17-6-2-7-18-36)41-23-12-13-24-43(41)50(48)57-49(44)45/h1-33H. The van der Waals surface area contributed by atoms with Crippen LogP contribution in [0.4, 0.5) is 0 Å². The third-order valence-corrected chi connectivity index (χ3v) is 11.0. The Morgan fingerprint density at radius 2 is 0.684 bits per heavy atom. The second-order valence-corrected chi connectivity index (χ2v) is 14.3. The van der Waals surface area contributed by atoms with Gasteiger partial charge in [0.1, 0.15) is 11.2 Å². The lowest BCUT2D eigenvalue weighted by Gasteiger charge is -2.13. The minimum absolute atomic E-state index is 0.621. The lowest BCUT2D eigenvalue weighted by molar-refractivity contribution is 0.674. The van der Waals surface area contributed by atoms with Gasteiger partial charge in [0.15, 0.2) is 17.5 Å². The first-order valence-corrected chi connectivity index (χ1v) is 19.2. The molecule has 0 saturated heterocycles. The van der Waals surface area contributed by atoms with Crippen LogP contribution < -0.4 is 0 Å². The molecule has 0 aliphatic heterocycles. The number of aromatic nitrogens is 3. The minimum Gasteiger partial charge on any atom is -0.455 e. The highest BCUT2D eigenvalue weighted by atomic mass is 16.3. The van der Waals surface area contributed by atoms with E-state index >= 15 is 0 Å². The summed E-state index contributed by atoms with van der Waals surface area (Å²) < 4.78 is 6.94. The van der Waals surface area contributed by atoms with Gasteiger partial charge < -0.3 is 4.42 Å². The van der Waals surface area contributed by atoms with Crippen LogP contribution in [0.25, 0.3) is 111 Å². The lowest BCUT2D eigenvalue weighted by Crippen LogP contribution is -2.00. The van der Waals surface area contributed by atoms with E-state index in [1.54, 1.807) is 0 Å². The van der Waals surface area contributed by atoms with Crippen molar-refractivity contribution in [2.45, 2.75) is 0 Å². The average molecular weight is 728 g/mol. The Labute approximate surface area is 329 Å². The highest BCUT2D eigenvalue weighted by Gasteiger charge is 2.20. The fourth-order valence-corrected chi connectivity index (χ4v) is 8.20. The largest absolute Gasteiger partial charge is 0.455 e. The van der Waals surface area contributed by atoms with Crippen LogP contribution in [0.3, 0.4) is 0 Å². The number of nitrogens with zero attached hydrogens (tertiary/aromatic N) is 3. The van der Waals surface area contributed by atoms with Gasteiger partial charge in [0, 0.05) is 38.4 Å². The van der Waals surface area contributed by atoms with Crippen molar-refractivity contribution in [1.82, 2.24) is 15.0 Å². The van der Waals surface area contributed by atoms with Gasteiger partial charge in [-0.3, -0.25) is 0 Å². The molecule has 0 bridgehead atoms. The predicted octanol–water partition coefficient (Wildman–Crippen LogP) is 14.1. The second-order valence-electron chi connectivity index (χ2n) is 14.3. The van der Waals surface area contributed by atoms with Gasteiger partial charge in [0.25, 0.3) is 0 Å². The van der Waals surface area contributed by atoms with Gasteiger partial charge in [-0.1, -0.05) is 188 Å². The van der Waals surface area contributed by atoms with E-state index in [0.29, 0.717) is 17.5 Å². The summed E-state index contributed by atoms with van der Waals surface area (Å²) in [5, 5.41) is 6.61. The van der Waals surface area contributed by atoms with Crippen molar-refractivity contribution < 1.29 is 4.42 Å². The summed E-state index contributed by atoms with van der Waals surface area (Å²) in [6.07, 6.45) is 0. The van der Waals surface area contributed by atoms with Crippen LogP contribution in [0.2, 0.25) is 0 Å². The van der Waals surface area contributed by atoms with Crippen LogP contribution in [0.1, 0.15) is 0 Å². The first-order chi connectivity index (χ1) is 28.3. The van der Waals surface area contributed by atoms with Gasteiger partial charge in [-0.05, 0) is 56.1 Å². The molecule has 0 aliphatic carbocycles. The van der Waals surface area contributed by atoms with Crippen LogP contribution >= 0.6 is 0 Å². The summed E-state index contributed by atoms with van der Waals surface area (Å²) in [5.41, 5.74) is 11.4. The number of hydrogen-bond acceptors (Lipinski definition) is 4. The molecule has 0 spiro atoms. The lowest BCUT2D eigenvalue weighted by atomic mass is 9.92. The summed E-state index contributed by atoms with van der Waals surface area (Å²) in [7, 11) is 0. The molecule has 266 valence electrons. The summed E-state index contributed by atoms with van der Waals surface area (Å²) in [6, 6.07) is 69.7. The van der Waals surface area contributed by atoms with E-state index in [2.05, 4.69) is 164 Å². The first-order valence-electron chi connectivity index (χ1n) is 19.2. The van der Waals surface area contributed by atoms with Crippen LogP contribution in [-0.2, 0) is 0 Å². The number of para-hydroxylation sites is 1. The van der Waals surface area contributed by atoms with E-state index < -0.39 is 0 Å². The van der Waals surface area contributed by atoms with Crippen LogP contribution in [-0.4, -0.2) is 15.0 Å². The fourth-order valence-electron chi connectivity index (χ4n) is 8.20. The van der Waals surface area contributed by atoms with Gasteiger partial charge in [0.2, 0.25) is 0 Å². The zero-order chi connectivity index (χ0) is 37.7. The Bertz CT molecular complexity index is 3260. The molecule has 57 heavy (non-hydrogen) atoms. The van der Waals surface area contributed by atoms with E-state index in [1.807, 2.05) is 36.4 Å². The molecule has 11 aromatic rings. The minimum atomic E-state index is 0.621. The molecule has 2 heterocycles. The van der Waals surface area contributed by atoms with Gasteiger partial charge in [0.05, 0.1) is 0 Å². The molecule has 0 aliphatic rings. The average Bonchev–Trinajstić information content (AvgIpc) is 3.68. The van der Waals surface area contributed by atoms with Crippen LogP contribution in [0.15, 0.2) is 205 Å². The van der Waals surface area contributed by atoms with Gasteiger partial charge in [-0.2, -0.15) is 0 Å². The highest BCUT2D eigenvalue weighted by Crippen LogP contribution is 2.44. The molecule has 0 fully saturated rings. The van der Waals surface area contributed by atoms with E-state index in [4.69, 9.17) is 19.4 Å². The molecule has 4 nitrogen and oxygen atoms in total. The zero-order valence-corrected chi connectivity index (χ0v) is 30.8. The molecule has 11 rings (SSSR count). The molecular weight excluding hydrogens is 695 g/mol. The van der Waals surface area contributed by atoms with E-state index in [0.717, 1.165) is 71.5 Å². The van der Waals surface area contributed by atoms with Crippen molar-refractivity contribution in [3.8, 4) is 67.5 Å². The Morgan fingerprint density at radius 3 is 1.35 bits per heavy atom. The van der Waals surface area contributed by atoms with Crippen LogP contribution in [0.5, 0.6) is 0 Å². The van der Waals surface area contributed by atoms with Gasteiger partial charge >= 0.3 is 0 Å². The normalized spacial score (nSPS) is 11.5. The van der Waals surface area contributed by atoms with Crippen molar-refractivity contribution in [3.63, 3.8) is 0 Å². The maximum absolute atomic E-state index is 6.94. The summed E-state index contributed by atoms with van der Waals surface area (Å²) in [5.74, 6) is 1.88. The Morgan fingerprint density at radius 1 is 0.246 bits per heavy atom. The molecule has 0 N–H and O–H groups in total. The molecule has 9 aromatic carbocycles. The monoisotopic (exact) mass is 727 g/mol. The Kier molecular flexibility index (Phi) is 7.78. The molecule has 0 atom stereocenters. The summed E-state index contributed by atoms with van der Waals surface area (Å²) in [6.45, 7) is 0. The third kappa shape index (κ3) is 5.66. The van der Waals surface area contributed by atoms with E-state index in [-0.39, 0.29) is 0 Å². The summed E-state index contributed by atoms with van der Waals surface area (Å²) in [4.78, 5) is 15.3. The van der Waals surface area contributed by atoms with Crippen molar-refractivity contribution >= 4 is 43.5 Å². The fraction of sp³-hybridized carbons (Fsp3) is 0. The first kappa shape index (κ1) is 32.7. The maximum Gasteiger partial charge on any atom is 0.164 e. The molecule has 2 aromatic heterocycles. The summed E-state index contributed by atoms with van der Waals surface area (Å²) >= 11 is 0. The van der Waals surface area contributed by atoms with Crippen molar-refractivity contribution in [2.24, 2.45) is 0 Å². The predicted molar refractivity (Wildman–Crippen MR) is 235 cm³/mol. The van der Waals surface area contributed by atoms with Crippen molar-refractivity contribution in [3.05, 3.63) is 200 Å². The number of hydrogen-bond donors (Lipinski definition) is 0. The molecule has 0 amide bonds. The van der Waals surface area contributed by atoms with E-state index in [9.17, 15) is 0 Å². The number of benzene rings is 9. The Hall–Kier alpha value is -7.69.